The lowest BCUT2D eigenvalue weighted by atomic mass is 9.83. The molecular weight excluding hydrogens is 325 g/mol. The van der Waals surface area contributed by atoms with Crippen LogP contribution in [0, 0.1) is 4.91 Å². The summed E-state index contributed by atoms with van der Waals surface area (Å²) in [4.78, 5) is 11.2. The predicted octanol–water partition coefficient (Wildman–Crippen LogP) is 5.99. The first kappa shape index (κ1) is 17.1. The molecule has 0 radical (unpaired) electrons. The maximum atomic E-state index is 11.2. The van der Waals surface area contributed by atoms with Gasteiger partial charge in [-0.3, -0.25) is 0 Å². The largest absolute Gasteiger partial charge is 0.150 e. The summed E-state index contributed by atoms with van der Waals surface area (Å²) in [7, 11) is 0. The lowest BCUT2D eigenvalue weighted by molar-refractivity contribution is 0.360. The van der Waals surface area contributed by atoms with Crippen molar-refractivity contribution in [2.75, 3.05) is 0 Å². The summed E-state index contributed by atoms with van der Waals surface area (Å²) in [5.41, 5.74) is 1.05. The lowest BCUT2D eigenvalue weighted by Gasteiger charge is -2.26. The van der Waals surface area contributed by atoms with Gasteiger partial charge in [0.2, 0.25) is 0 Å². The van der Waals surface area contributed by atoms with E-state index >= 15 is 0 Å². The van der Waals surface area contributed by atoms with Crippen molar-refractivity contribution in [1.82, 2.24) is 0 Å². The van der Waals surface area contributed by atoms with Crippen molar-refractivity contribution in [1.29, 1.82) is 0 Å². The van der Waals surface area contributed by atoms with Crippen LogP contribution in [0.3, 0.4) is 0 Å². The van der Waals surface area contributed by atoms with Gasteiger partial charge >= 0.3 is 0 Å². The van der Waals surface area contributed by atoms with Crippen LogP contribution in [-0.4, -0.2) is 5.54 Å². The highest BCUT2D eigenvalue weighted by Crippen LogP contribution is 2.32. The molecule has 0 N–H and O–H groups in total. The van der Waals surface area contributed by atoms with E-state index in [0.717, 1.165) is 38.5 Å². The third kappa shape index (κ3) is 6.53. The van der Waals surface area contributed by atoms with Crippen molar-refractivity contribution in [3.05, 3.63) is 14.6 Å². The zero-order chi connectivity index (χ0) is 13.1. The van der Waals surface area contributed by atoms with Crippen molar-refractivity contribution in [3.8, 4) is 0 Å². The van der Waals surface area contributed by atoms with E-state index in [4.69, 9.17) is 0 Å². The summed E-state index contributed by atoms with van der Waals surface area (Å²) in [6.45, 7) is 6.45. The third-order valence-corrected chi connectivity index (χ3v) is 4.29. The number of nitroso groups, excluding NO2 is 1. The van der Waals surface area contributed by atoms with Gasteiger partial charge in [-0.15, -0.1) is 0 Å². The maximum absolute atomic E-state index is 11.2. The molecule has 3 heteroatoms. The fourth-order valence-corrected chi connectivity index (χ4v) is 2.58. The molecule has 0 rings (SSSR count). The van der Waals surface area contributed by atoms with Crippen LogP contribution in [0.5, 0.6) is 0 Å². The van der Waals surface area contributed by atoms with E-state index in [1.165, 1.54) is 18.4 Å². The SMILES string of the molecule is CCCC/C(=C/I)CC(CC)(CCCC)N=O. The minimum absolute atomic E-state index is 0.346. The van der Waals surface area contributed by atoms with Crippen LogP contribution in [0.4, 0.5) is 0 Å². The van der Waals surface area contributed by atoms with Crippen LogP contribution < -0.4 is 0 Å². The second-order valence-electron chi connectivity index (χ2n) is 4.82. The van der Waals surface area contributed by atoms with Crippen molar-refractivity contribution < 1.29 is 0 Å². The van der Waals surface area contributed by atoms with E-state index in [1.807, 2.05) is 0 Å². The van der Waals surface area contributed by atoms with Crippen molar-refractivity contribution >= 4 is 22.6 Å². The molecule has 1 unspecified atom stereocenters. The van der Waals surface area contributed by atoms with Crippen LogP contribution in [0.25, 0.3) is 0 Å². The quantitative estimate of drug-likeness (QED) is 0.351. The lowest BCUT2D eigenvalue weighted by Crippen LogP contribution is -2.25. The first-order valence-corrected chi connectivity index (χ1v) is 8.05. The normalized spacial score (nSPS) is 15.6. The van der Waals surface area contributed by atoms with E-state index in [1.54, 1.807) is 0 Å². The number of unbranched alkanes of at least 4 members (excludes halogenated alkanes) is 2. The Bertz CT molecular complexity index is 240. The summed E-state index contributed by atoms with van der Waals surface area (Å²) >= 11 is 2.29. The number of halogens is 1. The molecule has 0 saturated heterocycles. The molecule has 2 nitrogen and oxygen atoms in total. The Morgan fingerprint density at radius 2 is 1.88 bits per heavy atom. The Balaban J connectivity index is 4.54. The molecule has 0 bridgehead atoms. The smallest absolute Gasteiger partial charge is 0.106 e. The first-order valence-electron chi connectivity index (χ1n) is 6.80. The first-order chi connectivity index (χ1) is 8.17. The molecule has 1 atom stereocenters. The summed E-state index contributed by atoms with van der Waals surface area (Å²) in [6.07, 6.45) is 8.41. The van der Waals surface area contributed by atoms with Gasteiger partial charge in [0, 0.05) is 0 Å². The summed E-state index contributed by atoms with van der Waals surface area (Å²) < 4.78 is 2.15. The Morgan fingerprint density at radius 1 is 1.24 bits per heavy atom. The van der Waals surface area contributed by atoms with E-state index < -0.39 is 0 Å². The molecule has 0 aromatic heterocycles. The van der Waals surface area contributed by atoms with Crippen LogP contribution in [-0.2, 0) is 0 Å². The third-order valence-electron chi connectivity index (χ3n) is 3.41. The highest BCUT2D eigenvalue weighted by Gasteiger charge is 2.29. The molecule has 0 spiro atoms. The minimum Gasteiger partial charge on any atom is -0.150 e. The molecule has 0 fully saturated rings. The van der Waals surface area contributed by atoms with Crippen molar-refractivity contribution in [3.63, 3.8) is 0 Å². The second-order valence-corrected chi connectivity index (χ2v) is 5.44. The molecule has 0 aliphatic heterocycles. The average Bonchev–Trinajstić information content (AvgIpc) is 2.39. The monoisotopic (exact) mass is 351 g/mol. The summed E-state index contributed by atoms with van der Waals surface area (Å²) in [5, 5.41) is 3.48. The topological polar surface area (TPSA) is 29.4 Å². The number of hydrogen-bond acceptors (Lipinski definition) is 2. The molecule has 0 saturated carbocycles. The van der Waals surface area contributed by atoms with Crippen LogP contribution in [0.2, 0.25) is 0 Å². The number of nitrogens with zero attached hydrogens (tertiary/aromatic N) is 1. The van der Waals surface area contributed by atoms with Crippen molar-refractivity contribution in [2.24, 2.45) is 5.18 Å². The Morgan fingerprint density at radius 3 is 2.29 bits per heavy atom. The van der Waals surface area contributed by atoms with E-state index in [0.29, 0.717) is 0 Å². The molecular formula is C14H26INO. The van der Waals surface area contributed by atoms with Gasteiger partial charge in [-0.25, -0.2) is 0 Å². The van der Waals surface area contributed by atoms with Gasteiger partial charge < -0.3 is 0 Å². The van der Waals surface area contributed by atoms with Crippen LogP contribution >= 0.6 is 22.6 Å². The van der Waals surface area contributed by atoms with Gasteiger partial charge in [0.1, 0.15) is 5.54 Å². The second kappa shape index (κ2) is 10.0. The highest BCUT2D eigenvalue weighted by atomic mass is 127. The van der Waals surface area contributed by atoms with Gasteiger partial charge in [-0.05, 0) is 36.2 Å². The number of rotatable bonds is 10. The van der Waals surface area contributed by atoms with E-state index in [9.17, 15) is 4.91 Å². The summed E-state index contributed by atoms with van der Waals surface area (Å²) in [6, 6.07) is 0. The summed E-state index contributed by atoms with van der Waals surface area (Å²) in [5.74, 6) is 0. The predicted molar refractivity (Wildman–Crippen MR) is 84.6 cm³/mol. The standard InChI is InChI=1S/C14H26INO/c1-4-7-9-13(12-15)11-14(6-3,16-17)10-8-5-2/h12H,4-11H2,1-3H3/b13-12-. The molecule has 0 aliphatic carbocycles. The molecule has 0 aliphatic rings. The zero-order valence-electron chi connectivity index (χ0n) is 11.5. The zero-order valence-corrected chi connectivity index (χ0v) is 13.6. The molecule has 17 heavy (non-hydrogen) atoms. The molecule has 0 aromatic carbocycles. The molecule has 100 valence electrons. The Kier molecular flexibility index (Phi) is 10.1. The number of hydrogen-bond donors (Lipinski definition) is 0. The van der Waals surface area contributed by atoms with Gasteiger partial charge in [-0.2, -0.15) is 4.91 Å². The molecule has 0 amide bonds. The van der Waals surface area contributed by atoms with Gasteiger partial charge in [0.05, 0.1) is 0 Å². The van der Waals surface area contributed by atoms with Gasteiger partial charge in [0.15, 0.2) is 0 Å². The molecule has 0 heterocycles. The van der Waals surface area contributed by atoms with Gasteiger partial charge in [-0.1, -0.05) is 73.4 Å². The maximum Gasteiger partial charge on any atom is 0.106 e. The van der Waals surface area contributed by atoms with E-state index in [2.05, 4.69) is 52.6 Å². The minimum atomic E-state index is -0.346. The van der Waals surface area contributed by atoms with Gasteiger partial charge in [0.25, 0.3) is 0 Å². The average molecular weight is 351 g/mol. The van der Waals surface area contributed by atoms with Crippen molar-refractivity contribution in [2.45, 2.75) is 77.7 Å². The Labute approximate surface area is 120 Å². The van der Waals surface area contributed by atoms with Crippen LogP contribution in [0.1, 0.15) is 72.1 Å². The molecule has 0 aromatic rings. The Hall–Kier alpha value is 0.0700. The fraction of sp³-hybridized carbons (Fsp3) is 0.857. The van der Waals surface area contributed by atoms with E-state index in [-0.39, 0.29) is 5.54 Å². The highest BCUT2D eigenvalue weighted by molar-refractivity contribution is 14.1. The fourth-order valence-electron chi connectivity index (χ4n) is 2.05. The van der Waals surface area contributed by atoms with Crippen LogP contribution in [0.15, 0.2) is 14.8 Å².